The molecule has 1 N–H and O–H groups in total. The maximum atomic E-state index is 13.8. The molecule has 0 unspecified atom stereocenters. The first-order chi connectivity index (χ1) is 15.7. The van der Waals surface area contributed by atoms with Gasteiger partial charge >= 0.3 is 0 Å². The predicted octanol–water partition coefficient (Wildman–Crippen LogP) is 3.80. The fraction of sp³-hybridized carbons (Fsp3) is 0.385. The molecule has 1 aliphatic carbocycles. The number of piperazine rings is 1. The minimum atomic E-state index is -0.488. The number of carbonyl (C=O) groups excluding carboxylic acids is 2. The second kappa shape index (κ2) is 7.40. The Kier molecular flexibility index (Phi) is 4.49. The van der Waals surface area contributed by atoms with E-state index in [1.807, 2.05) is 46.2 Å². The second-order valence-electron chi connectivity index (χ2n) is 9.13. The predicted molar refractivity (Wildman–Crippen MR) is 121 cm³/mol. The van der Waals surface area contributed by atoms with Crippen molar-refractivity contribution in [2.45, 2.75) is 50.2 Å². The van der Waals surface area contributed by atoms with Crippen LogP contribution in [0.3, 0.4) is 0 Å². The van der Waals surface area contributed by atoms with Gasteiger partial charge in [0.05, 0.1) is 7.11 Å². The van der Waals surface area contributed by atoms with Crippen LogP contribution in [0, 0.1) is 0 Å². The molecule has 6 heteroatoms. The number of fused-ring (bicyclic) bond motifs is 4. The molecule has 164 valence electrons. The van der Waals surface area contributed by atoms with Crippen molar-refractivity contribution >= 4 is 22.7 Å². The van der Waals surface area contributed by atoms with Crippen LogP contribution in [0.2, 0.25) is 0 Å². The van der Waals surface area contributed by atoms with Crippen molar-refractivity contribution in [1.82, 2.24) is 14.8 Å². The van der Waals surface area contributed by atoms with E-state index in [9.17, 15) is 9.59 Å². The quantitative estimate of drug-likeness (QED) is 0.689. The molecule has 2 atom stereocenters. The monoisotopic (exact) mass is 429 g/mol. The fourth-order valence-electron chi connectivity index (χ4n) is 6.03. The number of rotatable bonds is 3. The maximum Gasteiger partial charge on any atom is 0.246 e. The Bertz CT molecular complexity index is 1210. The number of methoxy groups -OCH3 is 1. The molecular weight excluding hydrogens is 402 g/mol. The highest BCUT2D eigenvalue weighted by molar-refractivity contribution is 5.98. The van der Waals surface area contributed by atoms with Gasteiger partial charge in [0.2, 0.25) is 11.8 Å². The average Bonchev–Trinajstić information content (AvgIpc) is 3.48. The Morgan fingerprint density at radius 2 is 1.75 bits per heavy atom. The van der Waals surface area contributed by atoms with Crippen LogP contribution >= 0.6 is 0 Å². The first-order valence-electron chi connectivity index (χ1n) is 11.5. The van der Waals surface area contributed by atoms with Gasteiger partial charge in [-0.05, 0) is 30.5 Å². The number of H-pyrrole nitrogens is 1. The zero-order valence-electron chi connectivity index (χ0n) is 18.2. The van der Waals surface area contributed by atoms with Gasteiger partial charge in [0, 0.05) is 34.6 Å². The molecule has 2 amide bonds. The molecule has 2 aliphatic heterocycles. The molecule has 3 aliphatic rings. The number of nitrogens with zero attached hydrogens (tertiary/aromatic N) is 2. The van der Waals surface area contributed by atoms with E-state index in [0.717, 1.165) is 59.2 Å². The van der Waals surface area contributed by atoms with Crippen molar-refractivity contribution in [1.29, 1.82) is 0 Å². The van der Waals surface area contributed by atoms with Gasteiger partial charge in [-0.1, -0.05) is 49.2 Å². The standard InChI is InChI=1S/C26H27N3O3/c1-32-22-13-7-5-11-18(22)25-24-19(17-10-4-6-12-20(17)27-24)14-21-26(31)28(15-23(30)29(21)25)16-8-2-3-9-16/h4-7,10-13,16,21,25,27H,2-3,8-9,14-15H2,1H3/t21-,25-/m0/s1. The summed E-state index contributed by atoms with van der Waals surface area (Å²) in [4.78, 5) is 34.7. The van der Waals surface area contributed by atoms with Crippen molar-refractivity contribution < 1.29 is 14.3 Å². The lowest BCUT2D eigenvalue weighted by Gasteiger charge is -2.48. The van der Waals surface area contributed by atoms with E-state index in [1.54, 1.807) is 7.11 Å². The molecule has 0 radical (unpaired) electrons. The molecule has 1 aromatic heterocycles. The summed E-state index contributed by atoms with van der Waals surface area (Å²) >= 11 is 0. The summed E-state index contributed by atoms with van der Waals surface area (Å²) in [5, 5.41) is 1.13. The number of hydrogen-bond donors (Lipinski definition) is 1. The zero-order chi connectivity index (χ0) is 21.8. The molecular formula is C26H27N3O3. The highest BCUT2D eigenvalue weighted by Gasteiger charge is 2.50. The van der Waals surface area contributed by atoms with Crippen molar-refractivity contribution in [3.8, 4) is 5.75 Å². The summed E-state index contributed by atoms with van der Waals surface area (Å²) in [5.41, 5.74) is 4.06. The molecule has 3 aromatic rings. The molecule has 2 aromatic carbocycles. The molecule has 0 spiro atoms. The van der Waals surface area contributed by atoms with Crippen LogP contribution < -0.4 is 4.74 Å². The number of amides is 2. The summed E-state index contributed by atoms with van der Waals surface area (Å²) in [6.07, 6.45) is 4.81. The summed E-state index contributed by atoms with van der Waals surface area (Å²) in [6.45, 7) is 0.168. The van der Waals surface area contributed by atoms with Crippen LogP contribution in [-0.2, 0) is 16.0 Å². The number of hydrogen-bond acceptors (Lipinski definition) is 3. The minimum Gasteiger partial charge on any atom is -0.496 e. The van der Waals surface area contributed by atoms with Gasteiger partial charge in [0.1, 0.15) is 24.4 Å². The van der Waals surface area contributed by atoms with E-state index in [-0.39, 0.29) is 30.4 Å². The maximum absolute atomic E-state index is 13.8. The summed E-state index contributed by atoms with van der Waals surface area (Å²) in [7, 11) is 1.65. The summed E-state index contributed by atoms with van der Waals surface area (Å²) < 4.78 is 5.68. The molecule has 2 fully saturated rings. The molecule has 1 saturated heterocycles. The SMILES string of the molecule is COc1ccccc1[C@H]1c2[nH]c3ccccc3c2C[C@H]2C(=O)N(C3CCCC3)CC(=O)N12. The lowest BCUT2D eigenvalue weighted by Crippen LogP contribution is -2.64. The van der Waals surface area contributed by atoms with Gasteiger partial charge in [-0.25, -0.2) is 0 Å². The second-order valence-corrected chi connectivity index (χ2v) is 9.13. The Balaban J connectivity index is 1.53. The first-order valence-corrected chi connectivity index (χ1v) is 11.5. The lowest BCUT2D eigenvalue weighted by atomic mass is 9.85. The van der Waals surface area contributed by atoms with E-state index in [4.69, 9.17) is 4.74 Å². The molecule has 6 nitrogen and oxygen atoms in total. The van der Waals surface area contributed by atoms with Crippen LogP contribution in [0.25, 0.3) is 10.9 Å². The third kappa shape index (κ3) is 2.78. The van der Waals surface area contributed by atoms with Crippen LogP contribution in [0.5, 0.6) is 5.75 Å². The zero-order valence-corrected chi connectivity index (χ0v) is 18.2. The van der Waals surface area contributed by atoms with Crippen LogP contribution in [0.1, 0.15) is 48.5 Å². The number of carbonyl (C=O) groups is 2. The van der Waals surface area contributed by atoms with Gasteiger partial charge in [-0.3, -0.25) is 9.59 Å². The van der Waals surface area contributed by atoms with Gasteiger partial charge in [0.15, 0.2) is 0 Å². The fourth-order valence-corrected chi connectivity index (χ4v) is 6.03. The normalized spacial score (nSPS) is 23.5. The van der Waals surface area contributed by atoms with Gasteiger partial charge < -0.3 is 19.5 Å². The van der Waals surface area contributed by atoms with Crippen molar-refractivity contribution in [3.05, 3.63) is 65.4 Å². The number of aromatic nitrogens is 1. The average molecular weight is 430 g/mol. The van der Waals surface area contributed by atoms with Crippen molar-refractivity contribution in [3.63, 3.8) is 0 Å². The summed E-state index contributed by atoms with van der Waals surface area (Å²) in [5.74, 6) is 0.829. The largest absolute Gasteiger partial charge is 0.496 e. The van der Waals surface area contributed by atoms with Gasteiger partial charge in [0.25, 0.3) is 0 Å². The van der Waals surface area contributed by atoms with Crippen LogP contribution in [-0.4, -0.2) is 52.3 Å². The molecule has 0 bridgehead atoms. The summed E-state index contributed by atoms with van der Waals surface area (Å²) in [6, 6.07) is 15.3. The van der Waals surface area contributed by atoms with Crippen molar-refractivity contribution in [2.75, 3.05) is 13.7 Å². The topological polar surface area (TPSA) is 65.6 Å². The van der Waals surface area contributed by atoms with E-state index < -0.39 is 6.04 Å². The van der Waals surface area contributed by atoms with Crippen LogP contribution in [0.15, 0.2) is 48.5 Å². The molecule has 6 rings (SSSR count). The Hall–Kier alpha value is -3.28. The number of nitrogens with one attached hydrogen (secondary N) is 1. The number of aromatic amines is 1. The number of para-hydroxylation sites is 2. The van der Waals surface area contributed by atoms with Gasteiger partial charge in [-0.15, -0.1) is 0 Å². The van der Waals surface area contributed by atoms with Crippen molar-refractivity contribution in [2.24, 2.45) is 0 Å². The molecule has 32 heavy (non-hydrogen) atoms. The third-order valence-corrected chi connectivity index (χ3v) is 7.49. The van der Waals surface area contributed by atoms with E-state index >= 15 is 0 Å². The number of ether oxygens (including phenoxy) is 1. The van der Waals surface area contributed by atoms with Crippen LogP contribution in [0.4, 0.5) is 0 Å². The Morgan fingerprint density at radius 3 is 2.56 bits per heavy atom. The van der Waals surface area contributed by atoms with Gasteiger partial charge in [-0.2, -0.15) is 0 Å². The van der Waals surface area contributed by atoms with E-state index in [0.29, 0.717) is 6.42 Å². The molecule has 1 saturated carbocycles. The highest BCUT2D eigenvalue weighted by atomic mass is 16.5. The minimum absolute atomic E-state index is 0.0155. The first kappa shape index (κ1) is 19.4. The highest BCUT2D eigenvalue weighted by Crippen LogP contribution is 2.45. The third-order valence-electron chi connectivity index (χ3n) is 7.49. The Morgan fingerprint density at radius 1 is 1.00 bits per heavy atom. The van der Waals surface area contributed by atoms with E-state index in [1.165, 1.54) is 0 Å². The molecule has 3 heterocycles. The Labute approximate surface area is 187 Å². The van der Waals surface area contributed by atoms with E-state index in [2.05, 4.69) is 17.1 Å². The number of benzene rings is 2. The lowest BCUT2D eigenvalue weighted by molar-refractivity contribution is -0.160. The smallest absolute Gasteiger partial charge is 0.246 e.